The Morgan fingerprint density at radius 2 is 2.17 bits per heavy atom. The van der Waals surface area contributed by atoms with Crippen LogP contribution in [0.3, 0.4) is 0 Å². The second kappa shape index (κ2) is 9.20. The van der Waals surface area contributed by atoms with Crippen LogP contribution in [0.25, 0.3) is 0 Å². The Morgan fingerprint density at radius 1 is 1.43 bits per heavy atom. The molecule has 7 nitrogen and oxygen atoms in total. The molecule has 1 rings (SSSR count). The summed E-state index contributed by atoms with van der Waals surface area (Å²) in [4.78, 5) is 27.2. The number of nitriles is 1. The van der Waals surface area contributed by atoms with E-state index in [4.69, 9.17) is 10.4 Å². The molecular formula is C16H20N4O3. The number of hydrogen-bond acceptors (Lipinski definition) is 5. The maximum absolute atomic E-state index is 12.0. The van der Waals surface area contributed by atoms with Crippen molar-refractivity contribution >= 4 is 11.9 Å². The zero-order valence-corrected chi connectivity index (χ0v) is 13.1. The highest BCUT2D eigenvalue weighted by Crippen LogP contribution is 2.06. The van der Waals surface area contributed by atoms with E-state index in [1.807, 2.05) is 19.9 Å². The number of carboxylic acid groups (broad SMARTS) is 1. The second-order valence-electron chi connectivity index (χ2n) is 5.37. The van der Waals surface area contributed by atoms with Crippen molar-refractivity contribution in [2.45, 2.75) is 32.9 Å². The standard InChI is InChI=1S/C16H20N4O3/c1-11(2)7-14(16(22)23)20-15(21)12(8-17)9-18-10-13-5-3-4-6-19-13/h3-6,9,11,14,18H,7,10H2,1-2H3,(H,20,21)(H,22,23)/b12-9-. The molecule has 23 heavy (non-hydrogen) atoms. The summed E-state index contributed by atoms with van der Waals surface area (Å²) in [5.41, 5.74) is 0.570. The third-order valence-electron chi connectivity index (χ3n) is 2.93. The molecule has 0 fully saturated rings. The summed E-state index contributed by atoms with van der Waals surface area (Å²) in [6.45, 7) is 4.07. The first-order valence-corrected chi connectivity index (χ1v) is 7.21. The third kappa shape index (κ3) is 6.61. The van der Waals surface area contributed by atoms with Crippen LogP contribution >= 0.6 is 0 Å². The molecule has 1 amide bonds. The zero-order chi connectivity index (χ0) is 17.2. The molecule has 0 aliphatic rings. The quantitative estimate of drug-likeness (QED) is 0.490. The van der Waals surface area contributed by atoms with E-state index in [2.05, 4.69) is 15.6 Å². The fourth-order valence-electron chi connectivity index (χ4n) is 1.84. The average Bonchev–Trinajstić information content (AvgIpc) is 2.51. The number of hydrogen-bond donors (Lipinski definition) is 3. The van der Waals surface area contributed by atoms with Gasteiger partial charge in [-0.3, -0.25) is 9.78 Å². The zero-order valence-electron chi connectivity index (χ0n) is 13.1. The Labute approximate surface area is 135 Å². The van der Waals surface area contributed by atoms with E-state index in [1.54, 1.807) is 24.4 Å². The lowest BCUT2D eigenvalue weighted by atomic mass is 10.0. The van der Waals surface area contributed by atoms with E-state index in [1.165, 1.54) is 6.20 Å². The number of nitrogens with zero attached hydrogens (tertiary/aromatic N) is 2. The highest BCUT2D eigenvalue weighted by Gasteiger charge is 2.22. The lowest BCUT2D eigenvalue weighted by molar-refractivity contribution is -0.141. The van der Waals surface area contributed by atoms with Gasteiger partial charge in [0, 0.05) is 12.4 Å². The van der Waals surface area contributed by atoms with Crippen LogP contribution in [0, 0.1) is 17.2 Å². The monoisotopic (exact) mass is 316 g/mol. The first-order valence-electron chi connectivity index (χ1n) is 7.21. The normalized spacial score (nSPS) is 12.3. The van der Waals surface area contributed by atoms with Gasteiger partial charge in [-0.1, -0.05) is 19.9 Å². The van der Waals surface area contributed by atoms with Crippen molar-refractivity contribution in [1.29, 1.82) is 5.26 Å². The number of aromatic nitrogens is 1. The molecule has 7 heteroatoms. The van der Waals surface area contributed by atoms with E-state index >= 15 is 0 Å². The van der Waals surface area contributed by atoms with Crippen molar-refractivity contribution in [2.24, 2.45) is 5.92 Å². The van der Waals surface area contributed by atoms with Crippen LogP contribution in [0.5, 0.6) is 0 Å². The van der Waals surface area contributed by atoms with Crippen LogP contribution in [-0.4, -0.2) is 28.0 Å². The summed E-state index contributed by atoms with van der Waals surface area (Å²) >= 11 is 0. The van der Waals surface area contributed by atoms with Gasteiger partial charge in [0.2, 0.25) is 0 Å². The first kappa shape index (κ1) is 18.2. The topological polar surface area (TPSA) is 115 Å². The van der Waals surface area contributed by atoms with Gasteiger partial charge in [-0.05, 0) is 24.5 Å². The third-order valence-corrected chi connectivity index (χ3v) is 2.93. The highest BCUT2D eigenvalue weighted by molar-refractivity contribution is 5.99. The predicted octanol–water partition coefficient (Wildman–Crippen LogP) is 1.19. The van der Waals surface area contributed by atoms with E-state index in [-0.39, 0.29) is 11.5 Å². The number of pyridine rings is 1. The maximum Gasteiger partial charge on any atom is 0.326 e. The van der Waals surface area contributed by atoms with Gasteiger partial charge in [-0.15, -0.1) is 0 Å². The SMILES string of the molecule is CC(C)CC(NC(=O)/C(C#N)=C\NCc1ccccn1)C(=O)O. The smallest absolute Gasteiger partial charge is 0.326 e. The number of carboxylic acids is 1. The van der Waals surface area contributed by atoms with Gasteiger partial charge in [-0.25, -0.2) is 4.79 Å². The number of carbonyl (C=O) groups is 2. The van der Waals surface area contributed by atoms with Crippen LogP contribution in [0.2, 0.25) is 0 Å². The molecular weight excluding hydrogens is 296 g/mol. The molecule has 122 valence electrons. The van der Waals surface area contributed by atoms with Crippen molar-refractivity contribution in [3.8, 4) is 6.07 Å². The van der Waals surface area contributed by atoms with Crippen molar-refractivity contribution in [2.75, 3.05) is 0 Å². The van der Waals surface area contributed by atoms with Gasteiger partial charge in [-0.2, -0.15) is 5.26 Å². The molecule has 0 aliphatic carbocycles. The van der Waals surface area contributed by atoms with Crippen molar-refractivity contribution < 1.29 is 14.7 Å². The van der Waals surface area contributed by atoms with Gasteiger partial charge in [0.15, 0.2) is 0 Å². The fourth-order valence-corrected chi connectivity index (χ4v) is 1.84. The van der Waals surface area contributed by atoms with Crippen molar-refractivity contribution in [1.82, 2.24) is 15.6 Å². The Hall–Kier alpha value is -2.88. The lowest BCUT2D eigenvalue weighted by Gasteiger charge is -2.16. The minimum Gasteiger partial charge on any atom is -0.480 e. The Balaban J connectivity index is 2.64. The number of nitrogens with one attached hydrogen (secondary N) is 2. The molecule has 0 radical (unpaired) electrons. The minimum absolute atomic E-state index is 0.105. The van der Waals surface area contributed by atoms with Gasteiger partial charge in [0.25, 0.3) is 5.91 Å². The predicted molar refractivity (Wildman–Crippen MR) is 83.8 cm³/mol. The summed E-state index contributed by atoms with van der Waals surface area (Å²) in [5.74, 6) is -1.73. The van der Waals surface area contributed by atoms with E-state index in [0.717, 1.165) is 5.69 Å². The largest absolute Gasteiger partial charge is 0.480 e. The minimum atomic E-state index is -1.12. The van der Waals surface area contributed by atoms with Gasteiger partial charge in [0.05, 0.1) is 12.2 Å². The van der Waals surface area contributed by atoms with E-state index < -0.39 is 17.9 Å². The number of amides is 1. The lowest BCUT2D eigenvalue weighted by Crippen LogP contribution is -2.42. The van der Waals surface area contributed by atoms with Crippen LogP contribution in [0.1, 0.15) is 26.0 Å². The number of rotatable bonds is 8. The molecule has 0 bridgehead atoms. The molecule has 1 heterocycles. The van der Waals surface area contributed by atoms with Crippen LogP contribution < -0.4 is 10.6 Å². The van der Waals surface area contributed by atoms with E-state index in [0.29, 0.717) is 13.0 Å². The molecule has 1 aromatic rings. The average molecular weight is 316 g/mol. The summed E-state index contributed by atoms with van der Waals surface area (Å²) < 4.78 is 0. The van der Waals surface area contributed by atoms with E-state index in [9.17, 15) is 9.59 Å². The fraction of sp³-hybridized carbons (Fsp3) is 0.375. The molecule has 3 N–H and O–H groups in total. The first-order chi connectivity index (χ1) is 10.9. The Bertz CT molecular complexity index is 606. The highest BCUT2D eigenvalue weighted by atomic mass is 16.4. The summed E-state index contributed by atoms with van der Waals surface area (Å²) in [6.07, 6.45) is 3.20. The summed E-state index contributed by atoms with van der Waals surface area (Å²) in [6, 6.07) is 6.16. The van der Waals surface area contributed by atoms with Crippen molar-refractivity contribution in [3.05, 3.63) is 41.9 Å². The molecule has 1 atom stereocenters. The van der Waals surface area contributed by atoms with Crippen molar-refractivity contribution in [3.63, 3.8) is 0 Å². The molecule has 0 aliphatic heterocycles. The number of aliphatic carboxylic acids is 1. The summed E-state index contributed by atoms with van der Waals surface area (Å²) in [5, 5.41) is 23.3. The molecule has 0 saturated heterocycles. The van der Waals surface area contributed by atoms with Crippen LogP contribution in [-0.2, 0) is 16.1 Å². The Kier molecular flexibility index (Phi) is 7.27. The maximum atomic E-state index is 12.0. The molecule has 0 aromatic carbocycles. The Morgan fingerprint density at radius 3 is 2.70 bits per heavy atom. The number of carbonyl (C=O) groups excluding carboxylic acids is 1. The molecule has 0 saturated carbocycles. The summed E-state index contributed by atoms with van der Waals surface area (Å²) in [7, 11) is 0. The van der Waals surface area contributed by atoms with Gasteiger partial charge < -0.3 is 15.7 Å². The van der Waals surface area contributed by atoms with Gasteiger partial charge >= 0.3 is 5.97 Å². The van der Waals surface area contributed by atoms with Crippen LogP contribution in [0.15, 0.2) is 36.2 Å². The van der Waals surface area contributed by atoms with Crippen LogP contribution in [0.4, 0.5) is 0 Å². The molecule has 1 aromatic heterocycles. The molecule has 0 spiro atoms. The van der Waals surface area contributed by atoms with Gasteiger partial charge in [0.1, 0.15) is 17.7 Å². The molecule has 1 unspecified atom stereocenters. The second-order valence-corrected chi connectivity index (χ2v) is 5.37.